The summed E-state index contributed by atoms with van der Waals surface area (Å²) in [5, 5.41) is 3.08. The van der Waals surface area contributed by atoms with E-state index in [0.29, 0.717) is 17.3 Å². The van der Waals surface area contributed by atoms with Crippen molar-refractivity contribution in [2.75, 3.05) is 5.73 Å². The molecule has 1 aliphatic rings. The van der Waals surface area contributed by atoms with Gasteiger partial charge in [-0.05, 0) is 43.7 Å². The third-order valence-electron chi connectivity index (χ3n) is 3.56. The third-order valence-corrected chi connectivity index (χ3v) is 3.56. The molecule has 0 atom stereocenters. The number of rotatable bonds is 2. The van der Waals surface area contributed by atoms with Crippen LogP contribution < -0.4 is 11.1 Å². The zero-order chi connectivity index (χ0) is 12.3. The smallest absolute Gasteiger partial charge is 0.253 e. The highest BCUT2D eigenvalue weighted by atomic mass is 16.1. The van der Waals surface area contributed by atoms with Crippen molar-refractivity contribution in [1.29, 1.82) is 0 Å². The molecule has 0 bridgehead atoms. The second-order valence-electron chi connectivity index (χ2n) is 5.02. The van der Waals surface area contributed by atoms with E-state index in [1.54, 1.807) is 12.1 Å². The maximum atomic E-state index is 12.0. The van der Waals surface area contributed by atoms with Gasteiger partial charge in [0.2, 0.25) is 0 Å². The van der Waals surface area contributed by atoms with Crippen LogP contribution in [0.4, 0.5) is 5.69 Å². The van der Waals surface area contributed by atoms with Gasteiger partial charge in [-0.3, -0.25) is 4.79 Å². The summed E-state index contributed by atoms with van der Waals surface area (Å²) in [5.74, 6) is 0.757. The lowest BCUT2D eigenvalue weighted by molar-refractivity contribution is 0.0924. The first kappa shape index (κ1) is 12.0. The molecule has 1 fully saturated rings. The van der Waals surface area contributed by atoms with Crippen LogP contribution >= 0.6 is 0 Å². The highest BCUT2D eigenvalue weighted by Gasteiger charge is 2.20. The molecule has 0 aromatic heterocycles. The number of anilines is 1. The van der Waals surface area contributed by atoms with E-state index in [-0.39, 0.29) is 5.91 Å². The molecule has 17 heavy (non-hydrogen) atoms. The molecule has 1 saturated carbocycles. The van der Waals surface area contributed by atoms with Crippen molar-refractivity contribution in [1.82, 2.24) is 5.32 Å². The summed E-state index contributed by atoms with van der Waals surface area (Å²) < 4.78 is 0. The number of hydrogen-bond donors (Lipinski definition) is 2. The Morgan fingerprint density at radius 2 is 1.88 bits per heavy atom. The van der Waals surface area contributed by atoms with E-state index in [1.165, 1.54) is 12.8 Å². The third kappa shape index (κ3) is 2.99. The summed E-state index contributed by atoms with van der Waals surface area (Å²) in [6, 6.07) is 7.54. The zero-order valence-electron chi connectivity index (χ0n) is 10.3. The van der Waals surface area contributed by atoms with Gasteiger partial charge in [0.05, 0.1) is 5.56 Å². The van der Waals surface area contributed by atoms with Crippen molar-refractivity contribution >= 4 is 11.6 Å². The lowest BCUT2D eigenvalue weighted by Crippen LogP contribution is -2.37. The van der Waals surface area contributed by atoms with Crippen LogP contribution in [0.2, 0.25) is 0 Å². The van der Waals surface area contributed by atoms with Gasteiger partial charge in [-0.15, -0.1) is 0 Å². The molecular weight excluding hydrogens is 212 g/mol. The first-order chi connectivity index (χ1) is 8.16. The van der Waals surface area contributed by atoms with Gasteiger partial charge < -0.3 is 11.1 Å². The Hall–Kier alpha value is -1.51. The van der Waals surface area contributed by atoms with Crippen molar-refractivity contribution in [3.63, 3.8) is 0 Å². The Kier molecular flexibility index (Phi) is 3.67. The second-order valence-corrected chi connectivity index (χ2v) is 5.02. The molecule has 0 spiro atoms. The molecule has 0 saturated heterocycles. The van der Waals surface area contributed by atoms with Crippen LogP contribution in [0.3, 0.4) is 0 Å². The minimum atomic E-state index is -0.0392. The van der Waals surface area contributed by atoms with Crippen molar-refractivity contribution in [2.45, 2.75) is 38.6 Å². The van der Waals surface area contributed by atoms with Crippen LogP contribution in [-0.2, 0) is 0 Å². The standard InChI is InChI=1S/C14H20N2O/c1-10-6-8-11(9-7-10)16-14(17)12-4-2-3-5-13(12)15/h2-5,10-11H,6-9,15H2,1H3,(H,16,17)/t10-,11+. The van der Waals surface area contributed by atoms with Crippen molar-refractivity contribution in [2.24, 2.45) is 5.92 Å². The summed E-state index contributed by atoms with van der Waals surface area (Å²) in [6.45, 7) is 2.27. The number of hydrogen-bond acceptors (Lipinski definition) is 2. The second kappa shape index (κ2) is 5.21. The maximum Gasteiger partial charge on any atom is 0.253 e. The number of nitrogen functional groups attached to an aromatic ring is 1. The van der Waals surface area contributed by atoms with Crippen LogP contribution in [0.15, 0.2) is 24.3 Å². The number of para-hydroxylation sites is 1. The topological polar surface area (TPSA) is 55.1 Å². The molecule has 3 nitrogen and oxygen atoms in total. The molecule has 1 aliphatic carbocycles. The number of amides is 1. The molecule has 0 radical (unpaired) electrons. The minimum Gasteiger partial charge on any atom is -0.398 e. The number of carbonyl (C=O) groups is 1. The Morgan fingerprint density at radius 3 is 2.53 bits per heavy atom. The molecule has 1 aromatic carbocycles. The van der Waals surface area contributed by atoms with Crippen LogP contribution in [0.1, 0.15) is 43.0 Å². The lowest BCUT2D eigenvalue weighted by atomic mass is 9.87. The molecular formula is C14H20N2O. The molecule has 1 amide bonds. The fourth-order valence-corrected chi connectivity index (χ4v) is 2.37. The molecule has 3 N–H and O–H groups in total. The van der Waals surface area contributed by atoms with E-state index in [2.05, 4.69) is 12.2 Å². The average molecular weight is 232 g/mol. The average Bonchev–Trinajstić information content (AvgIpc) is 2.32. The van der Waals surface area contributed by atoms with Crippen LogP contribution in [0.25, 0.3) is 0 Å². The lowest BCUT2D eigenvalue weighted by Gasteiger charge is -2.27. The number of carbonyl (C=O) groups excluding carboxylic acids is 1. The van der Waals surface area contributed by atoms with E-state index in [0.717, 1.165) is 18.8 Å². The fraction of sp³-hybridized carbons (Fsp3) is 0.500. The summed E-state index contributed by atoms with van der Waals surface area (Å²) >= 11 is 0. The van der Waals surface area contributed by atoms with Gasteiger partial charge in [0.15, 0.2) is 0 Å². The predicted molar refractivity (Wildman–Crippen MR) is 69.7 cm³/mol. The number of nitrogens with two attached hydrogens (primary N) is 1. The summed E-state index contributed by atoms with van der Waals surface area (Å²) in [4.78, 5) is 12.0. The molecule has 0 aliphatic heterocycles. The Bertz CT molecular complexity index is 395. The SMILES string of the molecule is C[C@H]1CC[C@@H](NC(=O)c2ccccc2N)CC1. The van der Waals surface area contributed by atoms with Gasteiger partial charge in [-0.1, -0.05) is 19.1 Å². The highest BCUT2D eigenvalue weighted by molar-refractivity contribution is 5.99. The van der Waals surface area contributed by atoms with Crippen LogP contribution in [-0.4, -0.2) is 11.9 Å². The summed E-state index contributed by atoms with van der Waals surface area (Å²) in [5.41, 5.74) is 6.93. The first-order valence-electron chi connectivity index (χ1n) is 6.32. The number of benzene rings is 1. The van der Waals surface area contributed by atoms with Crippen LogP contribution in [0, 0.1) is 5.92 Å². The van der Waals surface area contributed by atoms with Crippen molar-refractivity contribution < 1.29 is 4.79 Å². The largest absolute Gasteiger partial charge is 0.398 e. The molecule has 3 heteroatoms. The fourth-order valence-electron chi connectivity index (χ4n) is 2.37. The van der Waals surface area contributed by atoms with E-state index in [4.69, 9.17) is 5.73 Å². The van der Waals surface area contributed by atoms with Crippen LogP contribution in [0.5, 0.6) is 0 Å². The van der Waals surface area contributed by atoms with Gasteiger partial charge in [-0.2, -0.15) is 0 Å². The molecule has 1 aromatic rings. The van der Waals surface area contributed by atoms with E-state index in [9.17, 15) is 4.79 Å². The molecule has 0 heterocycles. The molecule has 0 unspecified atom stereocenters. The van der Waals surface area contributed by atoms with Gasteiger partial charge in [0, 0.05) is 11.7 Å². The van der Waals surface area contributed by atoms with Crippen molar-refractivity contribution in [3.05, 3.63) is 29.8 Å². The van der Waals surface area contributed by atoms with Gasteiger partial charge in [0.25, 0.3) is 5.91 Å². The molecule has 2 rings (SSSR count). The Labute approximate surface area is 102 Å². The molecule has 92 valence electrons. The minimum absolute atomic E-state index is 0.0392. The van der Waals surface area contributed by atoms with E-state index < -0.39 is 0 Å². The Balaban J connectivity index is 1.96. The number of nitrogens with one attached hydrogen (secondary N) is 1. The Morgan fingerprint density at radius 1 is 1.24 bits per heavy atom. The van der Waals surface area contributed by atoms with E-state index >= 15 is 0 Å². The first-order valence-corrected chi connectivity index (χ1v) is 6.32. The van der Waals surface area contributed by atoms with Gasteiger partial charge >= 0.3 is 0 Å². The summed E-state index contributed by atoms with van der Waals surface area (Å²) in [6.07, 6.45) is 4.57. The normalized spacial score (nSPS) is 24.3. The van der Waals surface area contributed by atoms with Gasteiger partial charge in [-0.25, -0.2) is 0 Å². The van der Waals surface area contributed by atoms with Crippen molar-refractivity contribution in [3.8, 4) is 0 Å². The van der Waals surface area contributed by atoms with Gasteiger partial charge in [0.1, 0.15) is 0 Å². The quantitative estimate of drug-likeness (QED) is 0.770. The monoisotopic (exact) mass is 232 g/mol. The maximum absolute atomic E-state index is 12.0. The zero-order valence-corrected chi connectivity index (χ0v) is 10.3. The highest BCUT2D eigenvalue weighted by Crippen LogP contribution is 2.23. The van der Waals surface area contributed by atoms with E-state index in [1.807, 2.05) is 12.1 Å². The predicted octanol–water partition coefficient (Wildman–Crippen LogP) is 2.58. The summed E-state index contributed by atoms with van der Waals surface area (Å²) in [7, 11) is 0.